The number of hydrogen-bond donors (Lipinski definition) is 1. The van der Waals surface area contributed by atoms with Crippen molar-refractivity contribution >= 4 is 22.4 Å². The molecule has 128 valence electrons. The zero-order chi connectivity index (χ0) is 17.9. The zero-order valence-corrected chi connectivity index (χ0v) is 14.4. The molecule has 0 atom stereocenters. The fourth-order valence-electron chi connectivity index (χ4n) is 3.13. The lowest BCUT2D eigenvalue weighted by Crippen LogP contribution is -2.15. The maximum Gasteiger partial charge on any atom is 0.228 e. The molecule has 0 aliphatic carbocycles. The molecule has 0 fully saturated rings. The van der Waals surface area contributed by atoms with Crippen LogP contribution in [-0.2, 0) is 18.3 Å². The highest BCUT2D eigenvalue weighted by molar-refractivity contribution is 5.98. The van der Waals surface area contributed by atoms with Gasteiger partial charge in [0, 0.05) is 12.6 Å². The van der Waals surface area contributed by atoms with Crippen molar-refractivity contribution in [3.05, 3.63) is 78.6 Å². The highest BCUT2D eigenvalue weighted by atomic mass is 16.1. The van der Waals surface area contributed by atoms with Crippen molar-refractivity contribution in [3.8, 4) is 11.4 Å². The molecule has 1 aromatic heterocycles. The van der Waals surface area contributed by atoms with Gasteiger partial charge in [0.2, 0.25) is 5.91 Å². The molecular formula is C21H18N4O. The highest BCUT2D eigenvalue weighted by Crippen LogP contribution is 2.26. The van der Waals surface area contributed by atoms with Gasteiger partial charge in [0.15, 0.2) is 5.82 Å². The van der Waals surface area contributed by atoms with E-state index in [1.54, 1.807) is 6.33 Å². The van der Waals surface area contributed by atoms with Crippen LogP contribution in [0.1, 0.15) is 5.56 Å². The van der Waals surface area contributed by atoms with Crippen LogP contribution < -0.4 is 5.32 Å². The van der Waals surface area contributed by atoms with Crippen LogP contribution >= 0.6 is 0 Å². The first-order chi connectivity index (χ1) is 12.7. The molecule has 3 aromatic carbocycles. The Morgan fingerprint density at radius 2 is 1.77 bits per heavy atom. The predicted molar refractivity (Wildman–Crippen MR) is 103 cm³/mol. The smallest absolute Gasteiger partial charge is 0.228 e. The van der Waals surface area contributed by atoms with Gasteiger partial charge in [0.05, 0.1) is 12.1 Å². The number of rotatable bonds is 4. The molecule has 0 unspecified atom stereocenters. The Bertz CT molecular complexity index is 1080. The topological polar surface area (TPSA) is 59.8 Å². The van der Waals surface area contributed by atoms with Gasteiger partial charge in [0.1, 0.15) is 6.33 Å². The first-order valence-corrected chi connectivity index (χ1v) is 8.42. The normalized spacial score (nSPS) is 10.8. The third-order valence-electron chi connectivity index (χ3n) is 4.38. The number of carbonyl (C=O) groups is 1. The number of benzene rings is 3. The molecular weight excluding hydrogens is 324 g/mol. The van der Waals surface area contributed by atoms with Gasteiger partial charge in [-0.1, -0.05) is 54.6 Å². The lowest BCUT2D eigenvalue weighted by Gasteiger charge is -2.11. The molecule has 0 saturated heterocycles. The summed E-state index contributed by atoms with van der Waals surface area (Å²) in [6, 6.07) is 21.8. The number of hydrogen-bond acceptors (Lipinski definition) is 3. The van der Waals surface area contributed by atoms with E-state index in [1.807, 2.05) is 66.2 Å². The maximum atomic E-state index is 12.7. The SMILES string of the molecule is Cn1cnnc1-c1ccccc1NC(=O)Cc1cccc2ccccc12. The molecule has 0 aliphatic rings. The van der Waals surface area contributed by atoms with Crippen LogP contribution in [0.3, 0.4) is 0 Å². The second kappa shape index (κ2) is 6.80. The van der Waals surface area contributed by atoms with Crippen molar-refractivity contribution in [1.29, 1.82) is 0 Å². The van der Waals surface area contributed by atoms with E-state index in [9.17, 15) is 4.79 Å². The summed E-state index contributed by atoms with van der Waals surface area (Å²) >= 11 is 0. The van der Waals surface area contributed by atoms with Crippen LogP contribution in [0.25, 0.3) is 22.2 Å². The fourth-order valence-corrected chi connectivity index (χ4v) is 3.13. The van der Waals surface area contributed by atoms with Crippen molar-refractivity contribution in [2.45, 2.75) is 6.42 Å². The van der Waals surface area contributed by atoms with Crippen LogP contribution in [0, 0.1) is 0 Å². The number of carbonyl (C=O) groups excluding carboxylic acids is 1. The first kappa shape index (κ1) is 16.0. The van der Waals surface area contributed by atoms with Crippen LogP contribution in [0.15, 0.2) is 73.1 Å². The summed E-state index contributed by atoms with van der Waals surface area (Å²) in [7, 11) is 1.88. The number of amides is 1. The van der Waals surface area contributed by atoms with Crippen molar-refractivity contribution in [2.75, 3.05) is 5.32 Å². The summed E-state index contributed by atoms with van der Waals surface area (Å²) in [4.78, 5) is 12.7. The van der Waals surface area contributed by atoms with Crippen molar-refractivity contribution < 1.29 is 4.79 Å². The minimum Gasteiger partial charge on any atom is -0.325 e. The lowest BCUT2D eigenvalue weighted by atomic mass is 10.0. The Balaban J connectivity index is 1.61. The maximum absolute atomic E-state index is 12.7. The number of fused-ring (bicyclic) bond motifs is 1. The van der Waals surface area contributed by atoms with E-state index in [4.69, 9.17) is 0 Å². The number of aromatic nitrogens is 3. The van der Waals surface area contributed by atoms with Crippen molar-refractivity contribution in [1.82, 2.24) is 14.8 Å². The Labute approximate surface area is 151 Å². The molecule has 4 aromatic rings. The highest BCUT2D eigenvalue weighted by Gasteiger charge is 2.13. The first-order valence-electron chi connectivity index (χ1n) is 8.42. The average molecular weight is 342 g/mol. The Kier molecular flexibility index (Phi) is 4.19. The zero-order valence-electron chi connectivity index (χ0n) is 14.4. The van der Waals surface area contributed by atoms with Gasteiger partial charge >= 0.3 is 0 Å². The predicted octanol–water partition coefficient (Wildman–Crippen LogP) is 3.82. The Morgan fingerprint density at radius 3 is 2.62 bits per heavy atom. The number of nitrogens with zero attached hydrogens (tertiary/aromatic N) is 3. The fraction of sp³-hybridized carbons (Fsp3) is 0.0952. The van der Waals surface area contributed by atoms with Crippen molar-refractivity contribution in [3.63, 3.8) is 0 Å². The minimum absolute atomic E-state index is 0.0593. The van der Waals surface area contributed by atoms with Gasteiger partial charge in [-0.05, 0) is 28.5 Å². The summed E-state index contributed by atoms with van der Waals surface area (Å²) in [5, 5.41) is 13.3. The number of anilines is 1. The van der Waals surface area contributed by atoms with Gasteiger partial charge in [0.25, 0.3) is 0 Å². The number of para-hydroxylation sites is 1. The summed E-state index contributed by atoms with van der Waals surface area (Å²) < 4.78 is 1.83. The largest absolute Gasteiger partial charge is 0.325 e. The molecule has 5 heteroatoms. The number of nitrogens with one attached hydrogen (secondary N) is 1. The quantitative estimate of drug-likeness (QED) is 0.613. The van der Waals surface area contributed by atoms with Gasteiger partial charge in [-0.25, -0.2) is 0 Å². The van der Waals surface area contributed by atoms with E-state index >= 15 is 0 Å². The molecule has 26 heavy (non-hydrogen) atoms. The van der Waals surface area contributed by atoms with E-state index < -0.39 is 0 Å². The average Bonchev–Trinajstić information content (AvgIpc) is 3.08. The van der Waals surface area contributed by atoms with Gasteiger partial charge in [-0.2, -0.15) is 0 Å². The summed E-state index contributed by atoms with van der Waals surface area (Å²) in [6.07, 6.45) is 1.96. The third kappa shape index (κ3) is 3.07. The minimum atomic E-state index is -0.0593. The van der Waals surface area contributed by atoms with Gasteiger partial charge in [-0.15, -0.1) is 10.2 Å². The van der Waals surface area contributed by atoms with Crippen LogP contribution in [0.5, 0.6) is 0 Å². The molecule has 1 heterocycles. The van der Waals surface area contributed by atoms with Gasteiger partial charge in [-0.3, -0.25) is 4.79 Å². The second-order valence-electron chi connectivity index (χ2n) is 6.17. The monoisotopic (exact) mass is 342 g/mol. The second-order valence-corrected chi connectivity index (χ2v) is 6.17. The molecule has 4 rings (SSSR count). The van der Waals surface area contributed by atoms with E-state index in [2.05, 4.69) is 27.6 Å². The molecule has 0 spiro atoms. The summed E-state index contributed by atoms with van der Waals surface area (Å²) in [5.74, 6) is 0.655. The van der Waals surface area contributed by atoms with Crippen LogP contribution in [0.2, 0.25) is 0 Å². The molecule has 5 nitrogen and oxygen atoms in total. The standard InChI is InChI=1S/C21H18N4O/c1-25-14-22-24-21(25)18-11-4-5-12-19(18)23-20(26)13-16-9-6-8-15-7-2-3-10-17(15)16/h2-12,14H,13H2,1H3,(H,23,26). The molecule has 0 saturated carbocycles. The van der Waals surface area contributed by atoms with E-state index in [1.165, 1.54) is 0 Å². The lowest BCUT2D eigenvalue weighted by molar-refractivity contribution is -0.115. The third-order valence-corrected chi connectivity index (χ3v) is 4.38. The Hall–Kier alpha value is -3.47. The van der Waals surface area contributed by atoms with E-state index in [-0.39, 0.29) is 5.91 Å². The van der Waals surface area contributed by atoms with Gasteiger partial charge < -0.3 is 9.88 Å². The van der Waals surface area contributed by atoms with Crippen molar-refractivity contribution in [2.24, 2.45) is 7.05 Å². The molecule has 0 aliphatic heterocycles. The van der Waals surface area contributed by atoms with Crippen LogP contribution in [-0.4, -0.2) is 20.7 Å². The molecule has 0 bridgehead atoms. The molecule has 1 N–H and O–H groups in total. The van der Waals surface area contributed by atoms with E-state index in [0.29, 0.717) is 12.2 Å². The van der Waals surface area contributed by atoms with E-state index in [0.717, 1.165) is 27.6 Å². The number of aryl methyl sites for hydroxylation is 1. The Morgan fingerprint density at radius 1 is 1.00 bits per heavy atom. The summed E-state index contributed by atoms with van der Waals surface area (Å²) in [6.45, 7) is 0. The molecule has 0 radical (unpaired) electrons. The van der Waals surface area contributed by atoms with Crippen LogP contribution in [0.4, 0.5) is 5.69 Å². The molecule has 1 amide bonds. The summed E-state index contributed by atoms with van der Waals surface area (Å²) in [5.41, 5.74) is 2.59.